The molecule has 0 aromatic carbocycles. The number of rotatable bonds is 30. The molecule has 0 spiro atoms. The lowest BCUT2D eigenvalue weighted by Crippen LogP contribution is -2.46. The Morgan fingerprint density at radius 3 is 1.41 bits per heavy atom. The highest BCUT2D eigenvalue weighted by atomic mass is 16.4. The molecule has 0 fully saturated rings. The number of hydrogen-bond acceptors (Lipinski definition) is 7. The Morgan fingerprint density at radius 2 is 0.955 bits per heavy atom. The van der Waals surface area contributed by atoms with Gasteiger partial charge in [0.05, 0.1) is 6.54 Å². The molecule has 252 valence electrons. The summed E-state index contributed by atoms with van der Waals surface area (Å²) in [5.74, 6) is -4.89. The first-order valence-electron chi connectivity index (χ1n) is 15.8. The molecule has 14 heteroatoms. The van der Waals surface area contributed by atoms with E-state index in [0.717, 1.165) is 44.9 Å². The van der Waals surface area contributed by atoms with Crippen molar-refractivity contribution in [3.8, 4) is 0 Å². The van der Waals surface area contributed by atoms with Crippen LogP contribution in [0.4, 0.5) is 0 Å². The van der Waals surface area contributed by atoms with Gasteiger partial charge >= 0.3 is 17.9 Å². The zero-order chi connectivity index (χ0) is 33.0. The van der Waals surface area contributed by atoms with Gasteiger partial charge in [0, 0.05) is 25.8 Å². The summed E-state index contributed by atoms with van der Waals surface area (Å²) in [6, 6.07) is -2.50. The largest absolute Gasteiger partial charge is 0.481 e. The summed E-state index contributed by atoms with van der Waals surface area (Å²) in [4.78, 5) is 79.4. The molecule has 14 nitrogen and oxygen atoms in total. The minimum Gasteiger partial charge on any atom is -0.481 e. The maximum Gasteiger partial charge on any atom is 0.326 e. The SMILES string of the molecule is O=CNCC(=O)NC(CCNC(=O)CCC(NC(=O)CCCCCCCCCCCCCCCCC(=O)O)C(=O)O)C(=O)O. The van der Waals surface area contributed by atoms with E-state index in [1.807, 2.05) is 0 Å². The van der Waals surface area contributed by atoms with E-state index in [1.165, 1.54) is 38.5 Å². The van der Waals surface area contributed by atoms with Crippen molar-refractivity contribution in [3.05, 3.63) is 0 Å². The van der Waals surface area contributed by atoms with E-state index >= 15 is 0 Å². The molecular formula is C30H52N4O10. The van der Waals surface area contributed by atoms with Crippen molar-refractivity contribution in [2.75, 3.05) is 13.1 Å². The third-order valence-electron chi connectivity index (χ3n) is 7.07. The van der Waals surface area contributed by atoms with Crippen molar-refractivity contribution in [2.45, 2.75) is 134 Å². The quantitative estimate of drug-likeness (QED) is 0.0454. The maximum atomic E-state index is 12.2. The fourth-order valence-electron chi connectivity index (χ4n) is 4.56. The monoisotopic (exact) mass is 628 g/mol. The topological polar surface area (TPSA) is 228 Å². The standard InChI is InChI=1S/C30H52N4O10/c35-22-31-21-27(38)34-24(30(43)44)19-20-32-25(36)18-17-23(29(41)42)33-26(37)15-13-11-9-7-5-3-1-2-4-6-8-10-12-14-16-28(39)40/h22-24H,1-21H2,(H,31,35)(H,32,36)(H,33,37)(H,34,38)(H,39,40)(H,41,42)(H,43,44). The van der Waals surface area contributed by atoms with Crippen molar-refractivity contribution in [2.24, 2.45) is 0 Å². The number of nitrogens with one attached hydrogen (secondary N) is 4. The number of carboxylic acid groups (broad SMARTS) is 3. The first kappa shape index (κ1) is 40.3. The Bertz CT molecular complexity index is 884. The van der Waals surface area contributed by atoms with Crippen LogP contribution in [0.15, 0.2) is 0 Å². The number of carbonyl (C=O) groups excluding carboxylic acids is 4. The van der Waals surface area contributed by atoms with Crippen LogP contribution in [0.3, 0.4) is 0 Å². The first-order valence-corrected chi connectivity index (χ1v) is 15.8. The fourth-order valence-corrected chi connectivity index (χ4v) is 4.56. The number of carboxylic acids is 3. The van der Waals surface area contributed by atoms with Gasteiger partial charge in [0.15, 0.2) is 0 Å². The smallest absolute Gasteiger partial charge is 0.326 e. The normalized spacial score (nSPS) is 12.0. The zero-order valence-electron chi connectivity index (χ0n) is 25.8. The Kier molecular flexibility index (Phi) is 24.6. The van der Waals surface area contributed by atoms with E-state index in [1.54, 1.807) is 0 Å². The van der Waals surface area contributed by atoms with Gasteiger partial charge in [-0.2, -0.15) is 0 Å². The van der Waals surface area contributed by atoms with Gasteiger partial charge in [0.2, 0.25) is 24.1 Å². The Labute approximate surface area is 259 Å². The van der Waals surface area contributed by atoms with Gasteiger partial charge in [-0.05, 0) is 25.7 Å². The molecule has 7 N–H and O–H groups in total. The maximum absolute atomic E-state index is 12.2. The molecule has 0 aliphatic heterocycles. The summed E-state index contributed by atoms with van der Waals surface area (Å²) >= 11 is 0. The molecule has 0 aliphatic carbocycles. The molecule has 0 saturated heterocycles. The Morgan fingerprint density at radius 1 is 0.523 bits per heavy atom. The molecule has 4 amide bonds. The molecule has 0 heterocycles. The lowest BCUT2D eigenvalue weighted by atomic mass is 10.0. The van der Waals surface area contributed by atoms with Crippen molar-refractivity contribution in [1.82, 2.24) is 21.3 Å². The average Bonchev–Trinajstić information content (AvgIpc) is 2.96. The molecule has 0 radical (unpaired) electrons. The lowest BCUT2D eigenvalue weighted by molar-refractivity contribution is -0.142. The van der Waals surface area contributed by atoms with Crippen LogP contribution in [0.2, 0.25) is 0 Å². The minimum atomic E-state index is -1.31. The molecule has 0 bridgehead atoms. The predicted octanol–water partition coefficient (Wildman–Crippen LogP) is 2.48. The number of unbranched alkanes of at least 4 members (excludes halogenated alkanes) is 13. The molecule has 0 saturated carbocycles. The summed E-state index contributed by atoms with van der Waals surface area (Å²) in [6.45, 7) is -0.467. The minimum absolute atomic E-state index is 0.0832. The highest BCUT2D eigenvalue weighted by molar-refractivity contribution is 5.86. The number of hydrogen-bond donors (Lipinski definition) is 7. The Balaban J connectivity index is 3.92. The van der Waals surface area contributed by atoms with Crippen molar-refractivity contribution >= 4 is 42.0 Å². The Hall–Kier alpha value is -3.71. The fraction of sp³-hybridized carbons (Fsp3) is 0.767. The van der Waals surface area contributed by atoms with Crippen LogP contribution in [0, 0.1) is 0 Å². The highest BCUT2D eigenvalue weighted by Gasteiger charge is 2.22. The van der Waals surface area contributed by atoms with Crippen LogP contribution >= 0.6 is 0 Å². The molecule has 44 heavy (non-hydrogen) atoms. The van der Waals surface area contributed by atoms with Gasteiger partial charge in [-0.3, -0.25) is 24.0 Å². The second-order valence-corrected chi connectivity index (χ2v) is 10.9. The van der Waals surface area contributed by atoms with Gasteiger partial charge in [-0.15, -0.1) is 0 Å². The third-order valence-corrected chi connectivity index (χ3v) is 7.07. The van der Waals surface area contributed by atoms with Gasteiger partial charge in [-0.25, -0.2) is 9.59 Å². The van der Waals surface area contributed by atoms with Crippen LogP contribution in [-0.4, -0.2) is 82.5 Å². The van der Waals surface area contributed by atoms with Crippen LogP contribution in [0.1, 0.15) is 122 Å². The number of amides is 4. The van der Waals surface area contributed by atoms with E-state index in [4.69, 9.17) is 5.11 Å². The molecular weight excluding hydrogens is 576 g/mol. The van der Waals surface area contributed by atoms with Crippen LogP contribution in [0.5, 0.6) is 0 Å². The second kappa shape index (κ2) is 26.9. The second-order valence-electron chi connectivity index (χ2n) is 10.9. The van der Waals surface area contributed by atoms with Crippen LogP contribution in [-0.2, 0) is 33.6 Å². The van der Waals surface area contributed by atoms with E-state index in [2.05, 4.69) is 21.3 Å². The van der Waals surface area contributed by atoms with E-state index in [0.29, 0.717) is 12.8 Å². The van der Waals surface area contributed by atoms with E-state index in [9.17, 15) is 43.8 Å². The molecule has 2 unspecified atom stereocenters. The first-order chi connectivity index (χ1) is 21.1. The van der Waals surface area contributed by atoms with Crippen molar-refractivity contribution in [3.63, 3.8) is 0 Å². The summed E-state index contributed by atoms with van der Waals surface area (Å²) in [5, 5.41) is 36.5. The van der Waals surface area contributed by atoms with E-state index in [-0.39, 0.29) is 51.1 Å². The van der Waals surface area contributed by atoms with Crippen LogP contribution in [0.25, 0.3) is 0 Å². The molecule has 0 rings (SSSR count). The predicted molar refractivity (Wildman–Crippen MR) is 162 cm³/mol. The van der Waals surface area contributed by atoms with Crippen molar-refractivity contribution < 1.29 is 48.9 Å². The molecule has 2 atom stereocenters. The molecule has 0 aliphatic rings. The average molecular weight is 629 g/mol. The van der Waals surface area contributed by atoms with Gasteiger partial charge < -0.3 is 36.6 Å². The van der Waals surface area contributed by atoms with Gasteiger partial charge in [0.25, 0.3) is 0 Å². The summed E-state index contributed by atoms with van der Waals surface area (Å²) in [5.41, 5.74) is 0. The number of aliphatic carboxylic acids is 3. The lowest BCUT2D eigenvalue weighted by Gasteiger charge is -2.16. The molecule has 0 aromatic rings. The van der Waals surface area contributed by atoms with Crippen molar-refractivity contribution in [1.29, 1.82) is 0 Å². The molecule has 0 aromatic heterocycles. The summed E-state index contributed by atoms with van der Waals surface area (Å²) in [6.07, 6.45) is 15.2. The van der Waals surface area contributed by atoms with Gasteiger partial charge in [0.1, 0.15) is 12.1 Å². The summed E-state index contributed by atoms with van der Waals surface area (Å²) in [7, 11) is 0. The summed E-state index contributed by atoms with van der Waals surface area (Å²) < 4.78 is 0. The van der Waals surface area contributed by atoms with Gasteiger partial charge in [-0.1, -0.05) is 77.0 Å². The number of carbonyl (C=O) groups is 7. The zero-order valence-corrected chi connectivity index (χ0v) is 25.8. The van der Waals surface area contributed by atoms with E-state index < -0.39 is 41.8 Å². The third kappa shape index (κ3) is 24.8. The highest BCUT2D eigenvalue weighted by Crippen LogP contribution is 2.14. The van der Waals surface area contributed by atoms with Crippen LogP contribution < -0.4 is 21.3 Å².